The van der Waals surface area contributed by atoms with Crippen molar-refractivity contribution in [3.8, 4) is 0 Å². The van der Waals surface area contributed by atoms with Gasteiger partial charge in [-0.3, -0.25) is 4.79 Å². The summed E-state index contributed by atoms with van der Waals surface area (Å²) in [7, 11) is 3.88. The highest BCUT2D eigenvalue weighted by Crippen LogP contribution is 2.05. The monoisotopic (exact) mass is 239 g/mol. The van der Waals surface area contributed by atoms with Gasteiger partial charge in [0.2, 0.25) is 0 Å². The van der Waals surface area contributed by atoms with E-state index in [0.29, 0.717) is 17.8 Å². The number of para-hydroxylation sites is 1. The van der Waals surface area contributed by atoms with Gasteiger partial charge >= 0.3 is 0 Å². The Labute approximate surface area is 99.7 Å². The van der Waals surface area contributed by atoms with Gasteiger partial charge in [0.25, 0.3) is 5.56 Å². The molecule has 0 saturated carbocycles. The molecule has 0 atom stereocenters. The average molecular weight is 240 g/mol. The molecule has 0 fully saturated rings. The summed E-state index contributed by atoms with van der Waals surface area (Å²) in [6.07, 6.45) is 0. The minimum Gasteiger partial charge on any atom is -0.309 e. The van der Waals surface area contributed by atoms with Crippen LogP contribution < -0.4 is 5.56 Å². The molecule has 0 saturated heterocycles. The van der Waals surface area contributed by atoms with Crippen LogP contribution in [0.15, 0.2) is 29.1 Å². The first-order valence-electron chi connectivity index (χ1n) is 4.79. The topological polar surface area (TPSA) is 49.0 Å². The molecule has 0 aliphatic rings. The average Bonchev–Trinajstić information content (AvgIpc) is 2.16. The van der Waals surface area contributed by atoms with E-state index in [1.165, 1.54) is 0 Å². The first kappa shape index (κ1) is 12.7. The van der Waals surface area contributed by atoms with Crippen LogP contribution in [0.3, 0.4) is 0 Å². The summed E-state index contributed by atoms with van der Waals surface area (Å²) in [6.45, 7) is 0.639. The van der Waals surface area contributed by atoms with E-state index in [2.05, 4.69) is 9.97 Å². The van der Waals surface area contributed by atoms with Crippen LogP contribution >= 0.6 is 12.4 Å². The van der Waals surface area contributed by atoms with Crippen LogP contribution in [-0.4, -0.2) is 29.0 Å². The molecule has 16 heavy (non-hydrogen) atoms. The van der Waals surface area contributed by atoms with Gasteiger partial charge in [-0.1, -0.05) is 12.1 Å². The van der Waals surface area contributed by atoms with E-state index in [1.54, 1.807) is 6.07 Å². The van der Waals surface area contributed by atoms with Crippen LogP contribution in [0.5, 0.6) is 0 Å². The molecule has 1 N–H and O–H groups in total. The van der Waals surface area contributed by atoms with Crippen molar-refractivity contribution in [2.45, 2.75) is 6.54 Å². The maximum absolute atomic E-state index is 11.7. The first-order valence-corrected chi connectivity index (χ1v) is 4.79. The normalized spacial score (nSPS) is 10.4. The zero-order valence-electron chi connectivity index (χ0n) is 9.23. The Balaban J connectivity index is 0.00000128. The number of aromatic nitrogens is 2. The highest BCUT2D eigenvalue weighted by molar-refractivity contribution is 5.85. The van der Waals surface area contributed by atoms with Crippen LogP contribution in [0.1, 0.15) is 5.82 Å². The van der Waals surface area contributed by atoms with Gasteiger partial charge in [0.05, 0.1) is 17.4 Å². The molecule has 0 spiro atoms. The minimum absolute atomic E-state index is 0. The third-order valence-electron chi connectivity index (χ3n) is 2.13. The van der Waals surface area contributed by atoms with Crippen molar-refractivity contribution in [1.82, 2.24) is 14.9 Å². The summed E-state index contributed by atoms with van der Waals surface area (Å²) in [5.41, 5.74) is 0.676. The van der Waals surface area contributed by atoms with Gasteiger partial charge in [-0.25, -0.2) is 4.98 Å². The molecule has 2 rings (SSSR count). The summed E-state index contributed by atoms with van der Waals surface area (Å²) in [6, 6.07) is 7.35. The quantitative estimate of drug-likeness (QED) is 0.862. The molecule has 5 heteroatoms. The molecule has 1 aromatic carbocycles. The molecule has 0 amide bonds. The Kier molecular flexibility index (Phi) is 4.04. The molecule has 1 heterocycles. The van der Waals surface area contributed by atoms with Gasteiger partial charge in [0.1, 0.15) is 5.82 Å². The van der Waals surface area contributed by atoms with Crippen molar-refractivity contribution in [2.24, 2.45) is 0 Å². The molecule has 86 valence electrons. The molecule has 0 unspecified atom stereocenters. The maximum atomic E-state index is 11.7. The lowest BCUT2D eigenvalue weighted by atomic mass is 10.2. The lowest BCUT2D eigenvalue weighted by Gasteiger charge is -2.08. The van der Waals surface area contributed by atoms with Gasteiger partial charge in [0, 0.05) is 0 Å². The van der Waals surface area contributed by atoms with Crippen LogP contribution in [0.4, 0.5) is 0 Å². The molecule has 0 aliphatic carbocycles. The Morgan fingerprint density at radius 2 is 2.00 bits per heavy atom. The van der Waals surface area contributed by atoms with Crippen LogP contribution in [0, 0.1) is 0 Å². The number of aromatic amines is 1. The number of H-pyrrole nitrogens is 1. The molecule has 4 nitrogen and oxygen atoms in total. The molecule has 0 aliphatic heterocycles. The number of nitrogens with one attached hydrogen (secondary N) is 1. The highest BCUT2D eigenvalue weighted by atomic mass is 35.5. The van der Waals surface area contributed by atoms with Crippen molar-refractivity contribution in [3.05, 3.63) is 40.4 Å². The largest absolute Gasteiger partial charge is 0.309 e. The maximum Gasteiger partial charge on any atom is 0.258 e. The number of rotatable bonds is 2. The number of hydrogen-bond acceptors (Lipinski definition) is 3. The summed E-state index contributed by atoms with van der Waals surface area (Å²) in [4.78, 5) is 20.8. The highest BCUT2D eigenvalue weighted by Gasteiger charge is 2.03. The van der Waals surface area contributed by atoms with Gasteiger partial charge in [0.15, 0.2) is 0 Å². The second kappa shape index (κ2) is 5.09. The fourth-order valence-corrected chi connectivity index (χ4v) is 1.51. The Bertz CT molecular complexity index is 536. The molecule has 2 aromatic rings. The lowest BCUT2D eigenvalue weighted by molar-refractivity contribution is 0.390. The van der Waals surface area contributed by atoms with Crippen LogP contribution in [0.25, 0.3) is 10.9 Å². The summed E-state index contributed by atoms with van der Waals surface area (Å²) < 4.78 is 0. The smallest absolute Gasteiger partial charge is 0.258 e. The van der Waals surface area contributed by atoms with E-state index in [9.17, 15) is 4.79 Å². The van der Waals surface area contributed by atoms with Gasteiger partial charge in [-0.2, -0.15) is 0 Å². The first-order chi connectivity index (χ1) is 7.16. The Hall–Kier alpha value is -1.39. The number of hydrogen-bond donors (Lipinski definition) is 1. The van der Waals surface area contributed by atoms with Gasteiger partial charge < -0.3 is 9.88 Å². The zero-order chi connectivity index (χ0) is 10.8. The van der Waals surface area contributed by atoms with E-state index in [1.807, 2.05) is 37.2 Å². The van der Waals surface area contributed by atoms with E-state index < -0.39 is 0 Å². The van der Waals surface area contributed by atoms with E-state index in [0.717, 1.165) is 5.52 Å². The van der Waals surface area contributed by atoms with E-state index >= 15 is 0 Å². The Morgan fingerprint density at radius 3 is 2.69 bits per heavy atom. The standard InChI is InChI=1S/C11H13N3O.ClH/c1-14(2)7-10-12-9-6-4-3-5-8(9)11(15)13-10;/h3-6H,7H2,1-2H3,(H,12,13,15);1H. The summed E-state index contributed by atoms with van der Waals surface area (Å²) >= 11 is 0. The van der Waals surface area contributed by atoms with Crippen molar-refractivity contribution in [3.63, 3.8) is 0 Å². The summed E-state index contributed by atoms with van der Waals surface area (Å²) in [5.74, 6) is 0.698. The van der Waals surface area contributed by atoms with Crippen molar-refractivity contribution in [1.29, 1.82) is 0 Å². The van der Waals surface area contributed by atoms with Crippen molar-refractivity contribution >= 4 is 23.3 Å². The van der Waals surface area contributed by atoms with Crippen molar-refractivity contribution < 1.29 is 0 Å². The van der Waals surface area contributed by atoms with Gasteiger partial charge in [-0.15, -0.1) is 12.4 Å². The van der Waals surface area contributed by atoms with Gasteiger partial charge in [-0.05, 0) is 26.2 Å². The second-order valence-electron chi connectivity index (χ2n) is 3.77. The second-order valence-corrected chi connectivity index (χ2v) is 3.77. The molecule has 0 bridgehead atoms. The number of fused-ring (bicyclic) bond motifs is 1. The lowest BCUT2D eigenvalue weighted by Crippen LogP contribution is -2.18. The molecule has 0 radical (unpaired) electrons. The SMILES string of the molecule is CN(C)Cc1nc2ccccc2c(=O)[nH]1.Cl. The number of halogens is 1. The predicted molar refractivity (Wildman–Crippen MR) is 67.0 cm³/mol. The zero-order valence-corrected chi connectivity index (χ0v) is 10.0. The van der Waals surface area contributed by atoms with E-state index in [4.69, 9.17) is 0 Å². The fourth-order valence-electron chi connectivity index (χ4n) is 1.51. The minimum atomic E-state index is -0.0718. The third kappa shape index (κ3) is 2.59. The summed E-state index contributed by atoms with van der Waals surface area (Å²) in [5, 5.41) is 0.639. The fraction of sp³-hybridized carbons (Fsp3) is 0.273. The molecular weight excluding hydrogens is 226 g/mol. The van der Waals surface area contributed by atoms with E-state index in [-0.39, 0.29) is 18.0 Å². The number of nitrogens with zero attached hydrogens (tertiary/aromatic N) is 2. The van der Waals surface area contributed by atoms with Crippen molar-refractivity contribution in [2.75, 3.05) is 14.1 Å². The molecule has 1 aromatic heterocycles. The van der Waals surface area contributed by atoms with Crippen LogP contribution in [0.2, 0.25) is 0 Å². The third-order valence-corrected chi connectivity index (χ3v) is 2.13. The van der Waals surface area contributed by atoms with Crippen LogP contribution in [-0.2, 0) is 6.54 Å². The number of benzene rings is 1. The predicted octanol–water partition coefficient (Wildman–Crippen LogP) is 1.41. The Morgan fingerprint density at radius 1 is 1.31 bits per heavy atom. The molecular formula is C11H14ClN3O.